The summed E-state index contributed by atoms with van der Waals surface area (Å²) in [5.74, 6) is 0.468. The molecule has 0 aromatic heterocycles. The molecule has 1 aliphatic rings. The first-order valence-corrected chi connectivity index (χ1v) is 6.36. The standard InChI is InChI=1S/C12H22F3NO/c1-3-16-11(10-6-4-5-7-10)8-17-9(2)12(13,14)15/h9-11,16H,3-8H2,1-2H3. The minimum Gasteiger partial charge on any atom is -0.367 e. The molecule has 0 spiro atoms. The molecule has 1 saturated carbocycles. The lowest BCUT2D eigenvalue weighted by Gasteiger charge is -2.26. The van der Waals surface area contributed by atoms with Gasteiger partial charge in [-0.15, -0.1) is 0 Å². The van der Waals surface area contributed by atoms with Gasteiger partial charge in [-0.25, -0.2) is 0 Å². The molecule has 0 aromatic rings. The van der Waals surface area contributed by atoms with Crippen molar-refractivity contribution in [1.29, 1.82) is 0 Å². The predicted octanol–water partition coefficient (Wildman–Crippen LogP) is 3.12. The van der Waals surface area contributed by atoms with E-state index in [4.69, 9.17) is 4.74 Å². The molecule has 0 aliphatic heterocycles. The van der Waals surface area contributed by atoms with E-state index in [-0.39, 0.29) is 12.6 Å². The first-order valence-electron chi connectivity index (χ1n) is 6.36. The number of nitrogens with one attached hydrogen (secondary N) is 1. The Morgan fingerprint density at radius 1 is 1.29 bits per heavy atom. The number of hydrogen-bond acceptors (Lipinski definition) is 2. The molecule has 0 heterocycles. The zero-order valence-electron chi connectivity index (χ0n) is 10.5. The fraction of sp³-hybridized carbons (Fsp3) is 1.00. The van der Waals surface area contributed by atoms with Crippen LogP contribution in [0, 0.1) is 5.92 Å². The van der Waals surface area contributed by atoms with Crippen LogP contribution in [0.25, 0.3) is 0 Å². The molecular formula is C12H22F3NO. The Hall–Kier alpha value is -0.290. The van der Waals surface area contributed by atoms with Gasteiger partial charge in [0.15, 0.2) is 6.10 Å². The topological polar surface area (TPSA) is 21.3 Å². The second-order valence-corrected chi connectivity index (χ2v) is 4.73. The van der Waals surface area contributed by atoms with E-state index < -0.39 is 12.3 Å². The molecule has 1 aliphatic carbocycles. The van der Waals surface area contributed by atoms with Crippen molar-refractivity contribution in [3.63, 3.8) is 0 Å². The molecule has 17 heavy (non-hydrogen) atoms. The number of halogens is 3. The van der Waals surface area contributed by atoms with Gasteiger partial charge >= 0.3 is 6.18 Å². The monoisotopic (exact) mass is 253 g/mol. The zero-order chi connectivity index (χ0) is 12.9. The summed E-state index contributed by atoms with van der Waals surface area (Å²) in [7, 11) is 0. The molecule has 0 amide bonds. The third kappa shape index (κ3) is 4.84. The predicted molar refractivity (Wildman–Crippen MR) is 60.9 cm³/mol. The summed E-state index contributed by atoms with van der Waals surface area (Å²) in [5.41, 5.74) is 0. The number of hydrogen-bond donors (Lipinski definition) is 1. The normalized spacial score (nSPS) is 21.7. The van der Waals surface area contributed by atoms with E-state index >= 15 is 0 Å². The van der Waals surface area contributed by atoms with E-state index in [1.54, 1.807) is 0 Å². The second-order valence-electron chi connectivity index (χ2n) is 4.73. The zero-order valence-corrected chi connectivity index (χ0v) is 10.5. The smallest absolute Gasteiger partial charge is 0.367 e. The van der Waals surface area contributed by atoms with Gasteiger partial charge in [0.2, 0.25) is 0 Å². The van der Waals surface area contributed by atoms with Crippen LogP contribution < -0.4 is 5.32 Å². The minimum absolute atomic E-state index is 0.0623. The summed E-state index contributed by atoms with van der Waals surface area (Å²) in [6.07, 6.45) is -1.37. The minimum atomic E-state index is -4.26. The highest BCUT2D eigenvalue weighted by molar-refractivity contribution is 4.80. The first kappa shape index (κ1) is 14.8. The van der Waals surface area contributed by atoms with Gasteiger partial charge in [0.25, 0.3) is 0 Å². The van der Waals surface area contributed by atoms with E-state index in [0.717, 1.165) is 26.3 Å². The molecule has 0 aromatic carbocycles. The molecule has 0 saturated heterocycles. The lowest BCUT2D eigenvalue weighted by Crippen LogP contribution is -2.41. The van der Waals surface area contributed by atoms with E-state index in [0.29, 0.717) is 5.92 Å². The third-order valence-electron chi connectivity index (χ3n) is 3.42. The van der Waals surface area contributed by atoms with Crippen molar-refractivity contribution >= 4 is 0 Å². The van der Waals surface area contributed by atoms with Gasteiger partial charge in [-0.3, -0.25) is 0 Å². The van der Waals surface area contributed by atoms with Crippen molar-refractivity contribution in [3.05, 3.63) is 0 Å². The Balaban J connectivity index is 2.38. The maximum atomic E-state index is 12.3. The largest absolute Gasteiger partial charge is 0.414 e. The average Bonchev–Trinajstić information content (AvgIpc) is 2.75. The van der Waals surface area contributed by atoms with Gasteiger partial charge < -0.3 is 10.1 Å². The Bertz CT molecular complexity index is 214. The van der Waals surface area contributed by atoms with Gasteiger partial charge in [0, 0.05) is 6.04 Å². The summed E-state index contributed by atoms with van der Waals surface area (Å²) < 4.78 is 41.9. The van der Waals surface area contributed by atoms with Crippen molar-refractivity contribution < 1.29 is 17.9 Å². The van der Waals surface area contributed by atoms with E-state index in [1.807, 2.05) is 6.92 Å². The average molecular weight is 253 g/mol. The Labute approximate surface area is 101 Å². The number of rotatable bonds is 6. The summed E-state index contributed by atoms with van der Waals surface area (Å²) in [6, 6.07) is 0.0623. The number of likely N-dealkylation sites (N-methyl/N-ethyl adjacent to an activating group) is 1. The van der Waals surface area contributed by atoms with Crippen LogP contribution in [0.15, 0.2) is 0 Å². The molecular weight excluding hydrogens is 231 g/mol. The van der Waals surface area contributed by atoms with Crippen LogP contribution in [0.2, 0.25) is 0 Å². The van der Waals surface area contributed by atoms with Gasteiger partial charge in [-0.05, 0) is 32.2 Å². The molecule has 102 valence electrons. The highest BCUT2D eigenvalue weighted by Gasteiger charge is 2.37. The van der Waals surface area contributed by atoms with Gasteiger partial charge in [-0.1, -0.05) is 19.8 Å². The van der Waals surface area contributed by atoms with Crippen molar-refractivity contribution in [2.45, 2.75) is 57.9 Å². The van der Waals surface area contributed by atoms with Crippen LogP contribution in [-0.4, -0.2) is 31.5 Å². The summed E-state index contributed by atoms with van der Waals surface area (Å²) in [4.78, 5) is 0. The molecule has 5 heteroatoms. The second kappa shape index (κ2) is 6.59. The highest BCUT2D eigenvalue weighted by Crippen LogP contribution is 2.29. The molecule has 0 radical (unpaired) electrons. The lowest BCUT2D eigenvalue weighted by molar-refractivity contribution is -0.216. The molecule has 2 unspecified atom stereocenters. The quantitative estimate of drug-likeness (QED) is 0.785. The Morgan fingerprint density at radius 2 is 1.88 bits per heavy atom. The Kier molecular flexibility index (Phi) is 5.73. The van der Waals surface area contributed by atoms with Crippen molar-refractivity contribution in [1.82, 2.24) is 5.32 Å². The molecule has 1 fully saturated rings. The first-order chi connectivity index (χ1) is 7.95. The van der Waals surface area contributed by atoms with Gasteiger partial charge in [-0.2, -0.15) is 13.2 Å². The molecule has 1 rings (SSSR count). The van der Waals surface area contributed by atoms with Crippen LogP contribution in [0.5, 0.6) is 0 Å². The summed E-state index contributed by atoms with van der Waals surface area (Å²) in [6.45, 7) is 3.96. The summed E-state index contributed by atoms with van der Waals surface area (Å²) in [5, 5.41) is 3.24. The van der Waals surface area contributed by atoms with Crippen molar-refractivity contribution in [2.24, 2.45) is 5.92 Å². The van der Waals surface area contributed by atoms with Crippen molar-refractivity contribution in [2.75, 3.05) is 13.2 Å². The molecule has 2 atom stereocenters. The molecule has 0 bridgehead atoms. The van der Waals surface area contributed by atoms with Crippen LogP contribution in [0.1, 0.15) is 39.5 Å². The van der Waals surface area contributed by atoms with Crippen LogP contribution in [0.3, 0.4) is 0 Å². The highest BCUT2D eigenvalue weighted by atomic mass is 19.4. The maximum absolute atomic E-state index is 12.3. The van der Waals surface area contributed by atoms with E-state index in [9.17, 15) is 13.2 Å². The van der Waals surface area contributed by atoms with Crippen LogP contribution in [0.4, 0.5) is 13.2 Å². The van der Waals surface area contributed by atoms with Crippen LogP contribution >= 0.6 is 0 Å². The maximum Gasteiger partial charge on any atom is 0.414 e. The van der Waals surface area contributed by atoms with Gasteiger partial charge in [0.1, 0.15) is 0 Å². The molecule has 2 nitrogen and oxygen atoms in total. The van der Waals surface area contributed by atoms with E-state index in [2.05, 4.69) is 5.32 Å². The summed E-state index contributed by atoms with van der Waals surface area (Å²) >= 11 is 0. The fourth-order valence-corrected chi connectivity index (χ4v) is 2.33. The fourth-order valence-electron chi connectivity index (χ4n) is 2.33. The Morgan fingerprint density at radius 3 is 2.35 bits per heavy atom. The third-order valence-corrected chi connectivity index (χ3v) is 3.42. The molecule has 1 N–H and O–H groups in total. The van der Waals surface area contributed by atoms with Crippen LogP contribution in [-0.2, 0) is 4.74 Å². The number of ether oxygens (including phenoxy) is 1. The van der Waals surface area contributed by atoms with E-state index in [1.165, 1.54) is 12.8 Å². The van der Waals surface area contributed by atoms with Crippen molar-refractivity contribution in [3.8, 4) is 0 Å². The number of alkyl halides is 3. The van der Waals surface area contributed by atoms with Gasteiger partial charge in [0.05, 0.1) is 6.61 Å². The lowest BCUT2D eigenvalue weighted by atomic mass is 9.99. The SMILES string of the molecule is CCNC(COC(C)C(F)(F)F)C1CCCC1.